The Morgan fingerprint density at radius 2 is 2.50 bits per heavy atom. The topological polar surface area (TPSA) is 60.7 Å². The van der Waals surface area contributed by atoms with Crippen LogP contribution in [0.2, 0.25) is 0 Å². The zero-order valence-corrected chi connectivity index (χ0v) is 9.45. The van der Waals surface area contributed by atoms with Crippen LogP contribution in [0.4, 0.5) is 5.82 Å². The zero-order chi connectivity index (χ0) is 11.4. The first kappa shape index (κ1) is 10.9. The number of aryl methyl sites for hydroxylation is 1. The second-order valence-corrected chi connectivity index (χ2v) is 4.23. The van der Waals surface area contributed by atoms with E-state index in [4.69, 9.17) is 5.26 Å². The monoisotopic (exact) mass is 216 g/mol. The van der Waals surface area contributed by atoms with Crippen LogP contribution >= 0.6 is 0 Å². The van der Waals surface area contributed by atoms with Gasteiger partial charge in [0, 0.05) is 12.2 Å². The highest BCUT2D eigenvalue weighted by Gasteiger charge is 2.13. The first-order valence-electron chi connectivity index (χ1n) is 5.61. The van der Waals surface area contributed by atoms with Crippen LogP contribution in [0.5, 0.6) is 0 Å². The van der Waals surface area contributed by atoms with Gasteiger partial charge < -0.3 is 10.6 Å². The molecule has 84 valence electrons. The normalized spacial score (nSPS) is 19.4. The molecule has 2 N–H and O–H groups in total. The molecule has 1 atom stereocenters. The lowest BCUT2D eigenvalue weighted by Gasteiger charge is -2.11. The van der Waals surface area contributed by atoms with Crippen molar-refractivity contribution in [2.75, 3.05) is 25.0 Å². The first-order chi connectivity index (χ1) is 7.78. The number of nitriles is 1. The molecule has 0 amide bonds. The summed E-state index contributed by atoms with van der Waals surface area (Å²) in [6.45, 7) is 5.01. The largest absolute Gasteiger partial charge is 0.370 e. The van der Waals surface area contributed by atoms with Gasteiger partial charge in [0.05, 0.1) is 11.6 Å². The lowest BCUT2D eigenvalue weighted by molar-refractivity contribution is 0.614. The summed E-state index contributed by atoms with van der Waals surface area (Å²) in [5.74, 6) is 1.48. The van der Waals surface area contributed by atoms with Crippen LogP contribution in [0, 0.1) is 24.2 Å². The Morgan fingerprint density at radius 3 is 3.19 bits per heavy atom. The Bertz CT molecular complexity index is 402. The fourth-order valence-electron chi connectivity index (χ4n) is 1.96. The highest BCUT2D eigenvalue weighted by Crippen LogP contribution is 2.12. The van der Waals surface area contributed by atoms with E-state index in [9.17, 15) is 0 Å². The maximum Gasteiger partial charge on any atom is 0.127 e. The van der Waals surface area contributed by atoms with Crippen molar-refractivity contribution in [1.29, 1.82) is 5.26 Å². The third kappa shape index (κ3) is 2.71. The van der Waals surface area contributed by atoms with E-state index in [1.807, 2.05) is 6.92 Å². The Labute approximate surface area is 95.7 Å². The second-order valence-electron chi connectivity index (χ2n) is 4.23. The lowest BCUT2D eigenvalue weighted by atomic mass is 10.1. The summed E-state index contributed by atoms with van der Waals surface area (Å²) >= 11 is 0. The predicted molar refractivity (Wildman–Crippen MR) is 63.2 cm³/mol. The minimum Gasteiger partial charge on any atom is -0.370 e. The van der Waals surface area contributed by atoms with E-state index in [2.05, 4.69) is 21.7 Å². The van der Waals surface area contributed by atoms with Crippen LogP contribution < -0.4 is 10.6 Å². The first-order valence-corrected chi connectivity index (χ1v) is 5.61. The summed E-state index contributed by atoms with van der Waals surface area (Å²) in [5.41, 5.74) is 1.55. The number of anilines is 1. The quantitative estimate of drug-likeness (QED) is 0.799. The van der Waals surface area contributed by atoms with Gasteiger partial charge in [0.15, 0.2) is 0 Å². The minimum atomic E-state index is 0.666. The molecule has 1 aromatic heterocycles. The summed E-state index contributed by atoms with van der Waals surface area (Å²) in [6.07, 6.45) is 1.21. The van der Waals surface area contributed by atoms with Crippen LogP contribution in [0.15, 0.2) is 12.1 Å². The molecular weight excluding hydrogens is 200 g/mol. The molecule has 0 saturated carbocycles. The van der Waals surface area contributed by atoms with E-state index in [1.54, 1.807) is 12.1 Å². The molecule has 2 heterocycles. The van der Waals surface area contributed by atoms with Crippen molar-refractivity contribution < 1.29 is 0 Å². The number of aromatic nitrogens is 1. The van der Waals surface area contributed by atoms with Crippen LogP contribution in [0.25, 0.3) is 0 Å². The fourth-order valence-corrected chi connectivity index (χ4v) is 1.96. The van der Waals surface area contributed by atoms with Crippen LogP contribution in [0.3, 0.4) is 0 Å². The fraction of sp³-hybridized carbons (Fsp3) is 0.500. The number of pyridine rings is 1. The molecule has 0 aromatic carbocycles. The molecule has 16 heavy (non-hydrogen) atoms. The Kier molecular flexibility index (Phi) is 3.37. The van der Waals surface area contributed by atoms with Gasteiger partial charge >= 0.3 is 0 Å². The number of hydrogen-bond acceptors (Lipinski definition) is 4. The smallest absolute Gasteiger partial charge is 0.127 e. The van der Waals surface area contributed by atoms with E-state index in [0.29, 0.717) is 11.5 Å². The summed E-state index contributed by atoms with van der Waals surface area (Å²) in [7, 11) is 0. The van der Waals surface area contributed by atoms with Crippen molar-refractivity contribution in [2.24, 2.45) is 5.92 Å². The van der Waals surface area contributed by atoms with Gasteiger partial charge in [-0.25, -0.2) is 4.98 Å². The molecule has 1 saturated heterocycles. The van der Waals surface area contributed by atoms with Gasteiger partial charge in [-0.05, 0) is 44.5 Å². The Hall–Kier alpha value is -1.60. The highest BCUT2D eigenvalue weighted by atomic mass is 15.0. The standard InChI is InChI=1S/C12H16N4/c1-9-4-11(6-13)5-12(16-9)15-8-10-2-3-14-7-10/h4-5,10,14H,2-3,7-8H2,1H3,(H,15,16). The van der Waals surface area contributed by atoms with E-state index in [0.717, 1.165) is 31.1 Å². The van der Waals surface area contributed by atoms with E-state index < -0.39 is 0 Å². The molecule has 1 aliphatic rings. The van der Waals surface area contributed by atoms with Crippen molar-refractivity contribution in [3.8, 4) is 6.07 Å². The van der Waals surface area contributed by atoms with E-state index in [-0.39, 0.29) is 0 Å². The molecule has 1 fully saturated rings. The summed E-state index contributed by atoms with van der Waals surface area (Å²) in [5, 5.41) is 15.5. The summed E-state index contributed by atoms with van der Waals surface area (Å²) in [4.78, 5) is 4.36. The molecule has 1 aliphatic heterocycles. The van der Waals surface area contributed by atoms with Crippen molar-refractivity contribution in [1.82, 2.24) is 10.3 Å². The SMILES string of the molecule is Cc1cc(C#N)cc(NCC2CCNC2)n1. The number of rotatable bonds is 3. The molecule has 4 nitrogen and oxygen atoms in total. The van der Waals surface area contributed by atoms with Crippen molar-refractivity contribution in [3.63, 3.8) is 0 Å². The number of hydrogen-bond donors (Lipinski definition) is 2. The highest BCUT2D eigenvalue weighted by molar-refractivity contribution is 5.44. The van der Waals surface area contributed by atoms with E-state index >= 15 is 0 Å². The molecule has 0 radical (unpaired) electrons. The van der Waals surface area contributed by atoms with Gasteiger partial charge in [-0.3, -0.25) is 0 Å². The van der Waals surface area contributed by atoms with Crippen molar-refractivity contribution in [3.05, 3.63) is 23.4 Å². The van der Waals surface area contributed by atoms with E-state index in [1.165, 1.54) is 6.42 Å². The summed E-state index contributed by atoms with van der Waals surface area (Å²) in [6, 6.07) is 5.74. The van der Waals surface area contributed by atoms with Crippen LogP contribution in [-0.2, 0) is 0 Å². The number of nitrogens with one attached hydrogen (secondary N) is 2. The molecule has 0 spiro atoms. The lowest BCUT2D eigenvalue weighted by Crippen LogP contribution is -2.17. The maximum absolute atomic E-state index is 8.85. The van der Waals surface area contributed by atoms with Gasteiger partial charge in [0.25, 0.3) is 0 Å². The third-order valence-corrected chi connectivity index (χ3v) is 2.82. The molecule has 1 aromatic rings. The Morgan fingerprint density at radius 1 is 1.62 bits per heavy atom. The van der Waals surface area contributed by atoms with Crippen LogP contribution in [0.1, 0.15) is 17.7 Å². The molecule has 2 rings (SSSR count). The average molecular weight is 216 g/mol. The molecule has 0 bridgehead atoms. The molecule has 4 heteroatoms. The maximum atomic E-state index is 8.85. The minimum absolute atomic E-state index is 0.666. The van der Waals surface area contributed by atoms with Crippen molar-refractivity contribution >= 4 is 5.82 Å². The molecule has 0 aliphatic carbocycles. The summed E-state index contributed by atoms with van der Waals surface area (Å²) < 4.78 is 0. The third-order valence-electron chi connectivity index (χ3n) is 2.82. The average Bonchev–Trinajstić information content (AvgIpc) is 2.78. The van der Waals surface area contributed by atoms with Gasteiger partial charge in [-0.1, -0.05) is 0 Å². The Balaban J connectivity index is 1.98. The molecule has 1 unspecified atom stereocenters. The van der Waals surface area contributed by atoms with Crippen LogP contribution in [-0.4, -0.2) is 24.6 Å². The predicted octanol–water partition coefficient (Wildman–Crippen LogP) is 1.28. The second kappa shape index (κ2) is 4.95. The van der Waals surface area contributed by atoms with Gasteiger partial charge in [0.1, 0.15) is 5.82 Å². The number of nitrogens with zero attached hydrogens (tertiary/aromatic N) is 2. The van der Waals surface area contributed by atoms with Gasteiger partial charge in [-0.15, -0.1) is 0 Å². The molecular formula is C12H16N4. The zero-order valence-electron chi connectivity index (χ0n) is 9.45. The van der Waals surface area contributed by atoms with Gasteiger partial charge in [-0.2, -0.15) is 5.26 Å². The van der Waals surface area contributed by atoms with Gasteiger partial charge in [0.2, 0.25) is 0 Å². The van der Waals surface area contributed by atoms with Crippen molar-refractivity contribution in [2.45, 2.75) is 13.3 Å².